The molecule has 34 heavy (non-hydrogen) atoms. The van der Waals surface area contributed by atoms with Gasteiger partial charge in [0.05, 0.1) is 22.2 Å². The van der Waals surface area contributed by atoms with Crippen LogP contribution in [0.1, 0.15) is 52.1 Å². The van der Waals surface area contributed by atoms with Crippen molar-refractivity contribution in [3.8, 4) is 5.69 Å². The first-order valence-electron chi connectivity index (χ1n) is 11.0. The van der Waals surface area contributed by atoms with Crippen molar-refractivity contribution in [1.82, 2.24) is 14.5 Å². The maximum atomic E-state index is 13.6. The standard InChI is InChI=1S/C25H24F3N3O2S/c1-4-30(5-2)24(33)23-19-14-22(17-8-6-7-11-29-17)34-21-10-9-16(25(26,27)28)13-18(21)31(19)15(3)12-20(23)32/h6-13,22H,4-5,14H2,1-3H3. The van der Waals surface area contributed by atoms with Crippen LogP contribution in [0.25, 0.3) is 5.69 Å². The average Bonchev–Trinajstić information content (AvgIpc) is 2.96. The summed E-state index contributed by atoms with van der Waals surface area (Å²) in [6.07, 6.45) is -2.62. The summed E-state index contributed by atoms with van der Waals surface area (Å²) in [5, 5.41) is -0.296. The van der Waals surface area contributed by atoms with E-state index in [1.807, 2.05) is 26.0 Å². The zero-order chi connectivity index (χ0) is 24.6. The molecule has 0 saturated carbocycles. The Balaban J connectivity index is 2.04. The van der Waals surface area contributed by atoms with Gasteiger partial charge in [0, 0.05) is 48.1 Å². The highest BCUT2D eigenvalue weighted by atomic mass is 32.2. The van der Waals surface area contributed by atoms with Crippen LogP contribution < -0.4 is 5.43 Å². The SMILES string of the molecule is CCN(CC)C(=O)c1c2n(c(C)cc1=O)-c1cc(C(F)(F)F)ccc1SC(c1ccccn1)C2. The molecule has 1 amide bonds. The third-order valence-corrected chi connectivity index (χ3v) is 7.25. The lowest BCUT2D eigenvalue weighted by Gasteiger charge is -2.24. The lowest BCUT2D eigenvalue weighted by atomic mass is 10.0. The highest BCUT2D eigenvalue weighted by molar-refractivity contribution is 7.99. The van der Waals surface area contributed by atoms with Gasteiger partial charge in [0.1, 0.15) is 5.56 Å². The fourth-order valence-corrected chi connectivity index (χ4v) is 5.52. The first-order valence-corrected chi connectivity index (χ1v) is 11.9. The summed E-state index contributed by atoms with van der Waals surface area (Å²) in [5.74, 6) is -0.418. The summed E-state index contributed by atoms with van der Waals surface area (Å²) in [6, 6.07) is 10.4. The monoisotopic (exact) mass is 487 g/mol. The van der Waals surface area contributed by atoms with Gasteiger partial charge in [-0.05, 0) is 51.1 Å². The number of rotatable bonds is 4. The van der Waals surface area contributed by atoms with Crippen LogP contribution in [-0.2, 0) is 12.6 Å². The van der Waals surface area contributed by atoms with Crippen LogP contribution in [0, 0.1) is 6.92 Å². The number of aromatic nitrogens is 2. The second-order valence-corrected chi connectivity index (χ2v) is 9.27. The lowest BCUT2D eigenvalue weighted by molar-refractivity contribution is -0.137. The largest absolute Gasteiger partial charge is 0.416 e. The van der Waals surface area contributed by atoms with Gasteiger partial charge in [-0.25, -0.2) is 0 Å². The van der Waals surface area contributed by atoms with Gasteiger partial charge in [0.15, 0.2) is 5.43 Å². The molecule has 5 nitrogen and oxygen atoms in total. The van der Waals surface area contributed by atoms with Gasteiger partial charge in [-0.3, -0.25) is 14.6 Å². The molecule has 0 N–H and O–H groups in total. The number of fused-ring (bicyclic) bond motifs is 3. The minimum Gasteiger partial charge on any atom is -0.339 e. The molecule has 1 atom stereocenters. The Morgan fingerprint density at radius 1 is 1.18 bits per heavy atom. The molecule has 1 aliphatic heterocycles. The summed E-state index contributed by atoms with van der Waals surface area (Å²) in [6.45, 7) is 6.14. The molecular weight excluding hydrogens is 463 g/mol. The molecule has 0 bridgehead atoms. The summed E-state index contributed by atoms with van der Waals surface area (Å²) in [4.78, 5) is 33.2. The van der Waals surface area contributed by atoms with Crippen LogP contribution in [0.5, 0.6) is 0 Å². The average molecular weight is 488 g/mol. The zero-order valence-electron chi connectivity index (χ0n) is 19.0. The Morgan fingerprint density at radius 3 is 2.53 bits per heavy atom. The van der Waals surface area contributed by atoms with E-state index in [2.05, 4.69) is 4.98 Å². The molecule has 3 heterocycles. The maximum absolute atomic E-state index is 13.6. The Hall–Kier alpha value is -3.07. The predicted molar refractivity (Wildman–Crippen MR) is 126 cm³/mol. The molecule has 1 aromatic carbocycles. The molecule has 178 valence electrons. The molecule has 9 heteroatoms. The van der Waals surface area contributed by atoms with Crippen molar-refractivity contribution in [1.29, 1.82) is 0 Å². The second kappa shape index (κ2) is 9.29. The molecule has 3 aromatic rings. The van der Waals surface area contributed by atoms with Crippen molar-refractivity contribution in [2.45, 2.75) is 43.5 Å². The highest BCUT2D eigenvalue weighted by Gasteiger charge is 2.35. The molecule has 0 aliphatic carbocycles. The van der Waals surface area contributed by atoms with E-state index < -0.39 is 23.1 Å². The lowest BCUT2D eigenvalue weighted by Crippen LogP contribution is -2.36. The van der Waals surface area contributed by atoms with Crippen LogP contribution in [0.15, 0.2) is 58.4 Å². The van der Waals surface area contributed by atoms with Gasteiger partial charge < -0.3 is 9.47 Å². The Labute approximate surface area is 199 Å². The second-order valence-electron chi connectivity index (χ2n) is 8.03. The molecular formula is C25H24F3N3O2S. The topological polar surface area (TPSA) is 55.2 Å². The Kier molecular flexibility index (Phi) is 6.58. The number of carbonyl (C=O) groups excluding carboxylic acids is 1. The highest BCUT2D eigenvalue weighted by Crippen LogP contribution is 2.45. The molecule has 2 aromatic heterocycles. The van der Waals surface area contributed by atoms with Crippen LogP contribution in [-0.4, -0.2) is 33.4 Å². The quantitative estimate of drug-likeness (QED) is 0.492. The van der Waals surface area contributed by atoms with Crippen molar-refractivity contribution in [2.24, 2.45) is 0 Å². The number of hydrogen-bond acceptors (Lipinski definition) is 4. The number of hydrogen-bond donors (Lipinski definition) is 0. The summed E-state index contributed by atoms with van der Waals surface area (Å²) < 4.78 is 42.5. The number of alkyl halides is 3. The van der Waals surface area contributed by atoms with Crippen molar-refractivity contribution in [2.75, 3.05) is 13.1 Å². The van der Waals surface area contributed by atoms with E-state index in [9.17, 15) is 22.8 Å². The van der Waals surface area contributed by atoms with E-state index in [-0.39, 0.29) is 17.2 Å². The van der Waals surface area contributed by atoms with Crippen molar-refractivity contribution in [3.63, 3.8) is 0 Å². The molecule has 0 spiro atoms. The van der Waals surface area contributed by atoms with Crippen LogP contribution in [0.4, 0.5) is 13.2 Å². The van der Waals surface area contributed by atoms with Crippen molar-refractivity contribution in [3.05, 3.63) is 87.1 Å². The van der Waals surface area contributed by atoms with E-state index in [4.69, 9.17) is 0 Å². The first kappa shape index (κ1) is 24.1. The van der Waals surface area contributed by atoms with Gasteiger partial charge in [0.25, 0.3) is 5.91 Å². The number of thioether (sulfide) groups is 1. The van der Waals surface area contributed by atoms with Crippen molar-refractivity contribution >= 4 is 17.7 Å². The smallest absolute Gasteiger partial charge is 0.339 e. The van der Waals surface area contributed by atoms with Crippen LogP contribution >= 0.6 is 11.8 Å². The Morgan fingerprint density at radius 2 is 1.91 bits per heavy atom. The number of pyridine rings is 2. The van der Waals surface area contributed by atoms with E-state index >= 15 is 0 Å². The predicted octanol–water partition coefficient (Wildman–Crippen LogP) is 5.43. The number of benzene rings is 1. The number of aryl methyl sites for hydroxylation is 1. The molecule has 0 fully saturated rings. The minimum absolute atomic E-state index is 0.00101. The molecule has 1 aliphatic rings. The summed E-state index contributed by atoms with van der Waals surface area (Å²) >= 11 is 1.38. The number of nitrogens with zero attached hydrogens (tertiary/aromatic N) is 3. The Bertz CT molecular complexity index is 1290. The third-order valence-electron chi connectivity index (χ3n) is 5.95. The van der Waals surface area contributed by atoms with E-state index in [1.165, 1.54) is 23.9 Å². The van der Waals surface area contributed by atoms with Gasteiger partial charge in [-0.2, -0.15) is 13.2 Å². The van der Waals surface area contributed by atoms with Crippen LogP contribution in [0.3, 0.4) is 0 Å². The van der Waals surface area contributed by atoms with Gasteiger partial charge in [-0.15, -0.1) is 11.8 Å². The van der Waals surface area contributed by atoms with E-state index in [0.717, 1.165) is 17.8 Å². The molecule has 0 radical (unpaired) electrons. The molecule has 0 saturated heterocycles. The number of halogens is 3. The van der Waals surface area contributed by atoms with Gasteiger partial charge in [-0.1, -0.05) is 6.07 Å². The number of carbonyl (C=O) groups is 1. The third kappa shape index (κ3) is 4.36. The summed E-state index contributed by atoms with van der Waals surface area (Å²) in [7, 11) is 0. The van der Waals surface area contributed by atoms with Crippen molar-refractivity contribution < 1.29 is 18.0 Å². The number of amides is 1. The fraction of sp³-hybridized carbons (Fsp3) is 0.320. The molecule has 1 unspecified atom stereocenters. The first-order chi connectivity index (χ1) is 16.2. The normalized spacial score (nSPS) is 15.3. The van der Waals surface area contributed by atoms with E-state index in [1.54, 1.807) is 28.7 Å². The minimum atomic E-state index is -4.53. The zero-order valence-corrected chi connectivity index (χ0v) is 19.8. The maximum Gasteiger partial charge on any atom is 0.416 e. The van der Waals surface area contributed by atoms with Gasteiger partial charge in [0.2, 0.25) is 0 Å². The van der Waals surface area contributed by atoms with Crippen LogP contribution in [0.2, 0.25) is 0 Å². The molecule has 4 rings (SSSR count). The summed E-state index contributed by atoms with van der Waals surface area (Å²) in [5.41, 5.74) is 0.689. The fourth-order valence-electron chi connectivity index (χ4n) is 4.29. The van der Waals surface area contributed by atoms with Gasteiger partial charge >= 0.3 is 6.18 Å². The van der Waals surface area contributed by atoms with E-state index in [0.29, 0.717) is 35.1 Å².